The molecule has 0 saturated heterocycles. The molecular weight excluding hydrogens is 241 g/mol. The van der Waals surface area contributed by atoms with Crippen LogP contribution >= 0.6 is 0 Å². The summed E-state index contributed by atoms with van der Waals surface area (Å²) in [6.07, 6.45) is 1.29. The molecule has 1 aliphatic carbocycles. The van der Waals surface area contributed by atoms with Crippen LogP contribution in [0.4, 0.5) is 4.39 Å². The van der Waals surface area contributed by atoms with Gasteiger partial charge in [-0.1, -0.05) is 18.2 Å². The Morgan fingerprint density at radius 2 is 1.89 bits per heavy atom. The third kappa shape index (κ3) is 2.02. The van der Waals surface area contributed by atoms with Gasteiger partial charge in [0.1, 0.15) is 5.82 Å². The predicted molar refractivity (Wildman–Crippen MR) is 69.2 cm³/mol. The minimum Gasteiger partial charge on any atom is -0.294 e. The van der Waals surface area contributed by atoms with E-state index in [1.165, 1.54) is 12.1 Å². The Balaban J connectivity index is 2.11. The number of ketones is 1. The van der Waals surface area contributed by atoms with Gasteiger partial charge in [-0.05, 0) is 41.3 Å². The van der Waals surface area contributed by atoms with Crippen LogP contribution in [0.15, 0.2) is 36.4 Å². The highest BCUT2D eigenvalue weighted by Gasteiger charge is 2.19. The zero-order chi connectivity index (χ0) is 13.4. The molecule has 1 aliphatic rings. The van der Waals surface area contributed by atoms with Crippen molar-refractivity contribution in [3.8, 4) is 17.2 Å². The first kappa shape index (κ1) is 11.6. The average Bonchev–Trinajstić information content (AvgIpc) is 2.79. The smallest absolute Gasteiger partial charge is 0.163 e. The van der Waals surface area contributed by atoms with Gasteiger partial charge in [0.25, 0.3) is 0 Å². The summed E-state index contributed by atoms with van der Waals surface area (Å²) in [5, 5.41) is 8.86. The van der Waals surface area contributed by atoms with Gasteiger partial charge in [0.05, 0.1) is 11.6 Å². The van der Waals surface area contributed by atoms with E-state index in [0.29, 0.717) is 17.5 Å². The van der Waals surface area contributed by atoms with Gasteiger partial charge in [0.2, 0.25) is 0 Å². The highest BCUT2D eigenvalue weighted by molar-refractivity contribution is 6.00. The molecule has 0 saturated carbocycles. The van der Waals surface area contributed by atoms with Crippen molar-refractivity contribution in [1.82, 2.24) is 0 Å². The molecule has 0 aliphatic heterocycles. The summed E-state index contributed by atoms with van der Waals surface area (Å²) in [6, 6.07) is 11.7. The molecule has 0 unspecified atom stereocenters. The molecule has 3 rings (SSSR count). The van der Waals surface area contributed by atoms with Crippen LogP contribution in [0.3, 0.4) is 0 Å². The molecule has 2 aromatic rings. The number of nitriles is 1. The highest BCUT2D eigenvalue weighted by atomic mass is 19.1. The Labute approximate surface area is 110 Å². The zero-order valence-electron chi connectivity index (χ0n) is 10.1. The van der Waals surface area contributed by atoms with Gasteiger partial charge >= 0.3 is 0 Å². The van der Waals surface area contributed by atoms with Crippen LogP contribution in [0.1, 0.15) is 27.9 Å². The van der Waals surface area contributed by atoms with Crippen LogP contribution in [0.5, 0.6) is 0 Å². The third-order valence-corrected chi connectivity index (χ3v) is 3.39. The number of carbonyl (C=O) groups excluding carboxylic acids is 1. The molecule has 0 bridgehead atoms. The van der Waals surface area contributed by atoms with Crippen molar-refractivity contribution in [1.29, 1.82) is 5.26 Å². The maximum Gasteiger partial charge on any atom is 0.163 e. The first-order valence-electron chi connectivity index (χ1n) is 6.04. The molecular formula is C16H10FNO. The van der Waals surface area contributed by atoms with E-state index in [2.05, 4.69) is 0 Å². The van der Waals surface area contributed by atoms with Gasteiger partial charge in [-0.15, -0.1) is 0 Å². The minimum atomic E-state index is -0.425. The van der Waals surface area contributed by atoms with Crippen LogP contribution in [-0.4, -0.2) is 5.78 Å². The molecule has 0 radical (unpaired) electrons. The second-order valence-corrected chi connectivity index (χ2v) is 4.64. The van der Waals surface area contributed by atoms with E-state index < -0.39 is 5.82 Å². The first-order chi connectivity index (χ1) is 9.17. The Hall–Kier alpha value is -2.47. The molecule has 0 atom stereocenters. The maximum absolute atomic E-state index is 13.4. The summed E-state index contributed by atoms with van der Waals surface area (Å²) >= 11 is 0. The lowest BCUT2D eigenvalue weighted by Gasteiger charge is -2.05. The summed E-state index contributed by atoms with van der Waals surface area (Å²) in [7, 11) is 0. The van der Waals surface area contributed by atoms with Gasteiger partial charge < -0.3 is 0 Å². The van der Waals surface area contributed by atoms with Crippen LogP contribution in [0, 0.1) is 17.1 Å². The molecule has 2 aromatic carbocycles. The summed E-state index contributed by atoms with van der Waals surface area (Å²) in [4.78, 5) is 11.6. The van der Waals surface area contributed by atoms with Crippen molar-refractivity contribution in [2.24, 2.45) is 0 Å². The lowest BCUT2D eigenvalue weighted by atomic mass is 9.99. The summed E-state index contributed by atoms with van der Waals surface area (Å²) in [5.74, 6) is -0.260. The number of hydrogen-bond donors (Lipinski definition) is 0. The zero-order valence-corrected chi connectivity index (χ0v) is 10.1. The lowest BCUT2D eigenvalue weighted by molar-refractivity contribution is 0.0994. The first-order valence-corrected chi connectivity index (χ1v) is 6.04. The van der Waals surface area contributed by atoms with E-state index in [1.54, 1.807) is 18.2 Å². The Kier molecular flexibility index (Phi) is 2.64. The average molecular weight is 251 g/mol. The second kappa shape index (κ2) is 4.33. The molecule has 19 heavy (non-hydrogen) atoms. The molecule has 92 valence electrons. The quantitative estimate of drug-likeness (QED) is 0.778. The number of benzene rings is 2. The molecule has 0 N–H and O–H groups in total. The van der Waals surface area contributed by atoms with Gasteiger partial charge in [-0.25, -0.2) is 4.39 Å². The largest absolute Gasteiger partial charge is 0.294 e. The fourth-order valence-electron chi connectivity index (χ4n) is 2.46. The van der Waals surface area contributed by atoms with Crippen molar-refractivity contribution >= 4 is 5.78 Å². The number of rotatable bonds is 1. The Morgan fingerprint density at radius 1 is 1.05 bits per heavy atom. The van der Waals surface area contributed by atoms with E-state index in [0.717, 1.165) is 23.1 Å². The molecule has 3 heteroatoms. The molecule has 0 amide bonds. The molecule has 0 spiro atoms. The van der Waals surface area contributed by atoms with Crippen LogP contribution in [-0.2, 0) is 6.42 Å². The maximum atomic E-state index is 13.4. The lowest BCUT2D eigenvalue weighted by Crippen LogP contribution is -1.91. The predicted octanol–water partition coefficient (Wildman–Crippen LogP) is 3.49. The van der Waals surface area contributed by atoms with Gasteiger partial charge in [-0.2, -0.15) is 5.26 Å². The monoisotopic (exact) mass is 251 g/mol. The summed E-state index contributed by atoms with van der Waals surface area (Å²) < 4.78 is 13.4. The number of halogens is 1. The van der Waals surface area contributed by atoms with Crippen LogP contribution < -0.4 is 0 Å². The van der Waals surface area contributed by atoms with E-state index >= 15 is 0 Å². The Bertz CT molecular complexity index is 728. The fourth-order valence-corrected chi connectivity index (χ4v) is 2.46. The summed E-state index contributed by atoms with van der Waals surface area (Å²) in [5.41, 5.74) is 3.57. The van der Waals surface area contributed by atoms with Gasteiger partial charge in [-0.3, -0.25) is 4.79 Å². The fraction of sp³-hybridized carbons (Fsp3) is 0.125. The van der Waals surface area contributed by atoms with Crippen molar-refractivity contribution < 1.29 is 9.18 Å². The summed E-state index contributed by atoms with van der Waals surface area (Å²) in [6.45, 7) is 0. The molecule has 0 heterocycles. The van der Waals surface area contributed by atoms with E-state index in [4.69, 9.17) is 5.26 Å². The SMILES string of the molecule is N#Cc1cc(F)cc(-c2ccc3c(c2)CCC3=O)c1. The highest BCUT2D eigenvalue weighted by Crippen LogP contribution is 2.29. The van der Waals surface area contributed by atoms with Crippen molar-refractivity contribution in [2.75, 3.05) is 0 Å². The Morgan fingerprint density at radius 3 is 2.68 bits per heavy atom. The normalized spacial score (nSPS) is 13.2. The van der Waals surface area contributed by atoms with Crippen molar-refractivity contribution in [3.05, 3.63) is 58.9 Å². The number of hydrogen-bond acceptors (Lipinski definition) is 2. The molecule has 0 aromatic heterocycles. The van der Waals surface area contributed by atoms with E-state index in [-0.39, 0.29) is 5.78 Å². The number of Topliss-reactive ketones (excluding diaryl/α,β-unsaturated/α-hetero) is 1. The standard InChI is InChI=1S/C16H10FNO/c17-14-6-10(9-18)5-13(8-14)11-1-3-15-12(7-11)2-4-16(15)19/h1,3,5-8H,2,4H2. The molecule has 0 fully saturated rings. The van der Waals surface area contributed by atoms with E-state index in [1.807, 2.05) is 12.1 Å². The number of fused-ring (bicyclic) bond motifs is 1. The third-order valence-electron chi connectivity index (χ3n) is 3.39. The van der Waals surface area contributed by atoms with Crippen molar-refractivity contribution in [3.63, 3.8) is 0 Å². The topological polar surface area (TPSA) is 40.9 Å². The van der Waals surface area contributed by atoms with Crippen molar-refractivity contribution in [2.45, 2.75) is 12.8 Å². The number of aryl methyl sites for hydroxylation is 1. The minimum absolute atomic E-state index is 0.165. The number of nitrogens with zero attached hydrogens (tertiary/aromatic N) is 1. The van der Waals surface area contributed by atoms with E-state index in [9.17, 15) is 9.18 Å². The van der Waals surface area contributed by atoms with Gasteiger partial charge in [0, 0.05) is 12.0 Å². The second-order valence-electron chi connectivity index (χ2n) is 4.64. The number of carbonyl (C=O) groups is 1. The van der Waals surface area contributed by atoms with Gasteiger partial charge in [0.15, 0.2) is 5.78 Å². The molecule has 2 nitrogen and oxygen atoms in total. The van der Waals surface area contributed by atoms with Crippen LogP contribution in [0.25, 0.3) is 11.1 Å². The van der Waals surface area contributed by atoms with Crippen LogP contribution in [0.2, 0.25) is 0 Å².